The van der Waals surface area contributed by atoms with Crippen molar-refractivity contribution in [2.75, 3.05) is 0 Å². The number of aromatic amines is 1. The minimum absolute atomic E-state index is 0.309. The molecule has 108 valence electrons. The average Bonchev–Trinajstić information content (AvgIpc) is 2.95. The molecule has 3 aromatic rings. The van der Waals surface area contributed by atoms with E-state index in [1.165, 1.54) is 11.1 Å². The first-order valence-corrected chi connectivity index (χ1v) is 7.52. The van der Waals surface area contributed by atoms with E-state index in [1.54, 1.807) is 0 Å². The number of benzene rings is 2. The van der Waals surface area contributed by atoms with Crippen molar-refractivity contribution in [3.8, 4) is 0 Å². The van der Waals surface area contributed by atoms with Crippen molar-refractivity contribution in [3.63, 3.8) is 0 Å². The van der Waals surface area contributed by atoms with Crippen LogP contribution in [-0.4, -0.2) is 9.97 Å². The van der Waals surface area contributed by atoms with E-state index in [4.69, 9.17) is 0 Å². The monoisotopic (exact) mass is 279 g/mol. The second kappa shape index (κ2) is 6.10. The molecule has 3 rings (SSSR count). The fraction of sp³-hybridized carbons (Fsp3) is 0.278. The molecule has 1 heterocycles. The van der Waals surface area contributed by atoms with Gasteiger partial charge >= 0.3 is 0 Å². The highest BCUT2D eigenvalue weighted by atomic mass is 15.0. The van der Waals surface area contributed by atoms with Crippen LogP contribution >= 0.6 is 0 Å². The van der Waals surface area contributed by atoms with Gasteiger partial charge in [-0.25, -0.2) is 4.98 Å². The third-order valence-electron chi connectivity index (χ3n) is 3.90. The van der Waals surface area contributed by atoms with E-state index in [9.17, 15) is 0 Å². The van der Waals surface area contributed by atoms with Crippen molar-refractivity contribution < 1.29 is 0 Å². The maximum Gasteiger partial charge on any atom is 0.121 e. The van der Waals surface area contributed by atoms with Crippen molar-refractivity contribution in [3.05, 3.63) is 65.5 Å². The molecule has 3 nitrogen and oxygen atoms in total. The minimum atomic E-state index is 0.309. The number of aromatic nitrogens is 2. The summed E-state index contributed by atoms with van der Waals surface area (Å²) in [6, 6.07) is 17.2. The highest BCUT2D eigenvalue weighted by molar-refractivity contribution is 5.74. The Labute approximate surface area is 125 Å². The van der Waals surface area contributed by atoms with E-state index < -0.39 is 0 Å². The van der Waals surface area contributed by atoms with Gasteiger partial charge in [-0.15, -0.1) is 0 Å². The van der Waals surface area contributed by atoms with Gasteiger partial charge in [0.15, 0.2) is 0 Å². The third kappa shape index (κ3) is 3.14. The molecular weight excluding hydrogens is 258 g/mol. The summed E-state index contributed by atoms with van der Waals surface area (Å²) < 4.78 is 0. The standard InChI is InChI=1S/C18H21N3/c1-3-14-8-10-15(11-9-14)13(2)19-12-18-20-16-6-4-5-7-17(16)21-18/h4-11,13,19H,3,12H2,1-2H3,(H,20,21). The number of para-hydroxylation sites is 2. The number of hydrogen-bond acceptors (Lipinski definition) is 2. The van der Waals surface area contributed by atoms with E-state index >= 15 is 0 Å². The van der Waals surface area contributed by atoms with Crippen molar-refractivity contribution >= 4 is 11.0 Å². The maximum atomic E-state index is 4.59. The van der Waals surface area contributed by atoms with Crippen LogP contribution in [0.1, 0.15) is 36.8 Å². The Morgan fingerprint density at radius 3 is 2.57 bits per heavy atom. The second-order valence-electron chi connectivity index (χ2n) is 5.40. The SMILES string of the molecule is CCc1ccc(C(C)NCc2nc3ccccc3[nH]2)cc1. The lowest BCUT2D eigenvalue weighted by Gasteiger charge is -2.13. The molecule has 0 saturated carbocycles. The van der Waals surface area contributed by atoms with Crippen molar-refractivity contribution in [2.24, 2.45) is 0 Å². The first kappa shape index (κ1) is 13.8. The van der Waals surface area contributed by atoms with E-state index in [0.29, 0.717) is 6.04 Å². The Hall–Kier alpha value is -2.13. The molecule has 21 heavy (non-hydrogen) atoms. The molecule has 1 atom stereocenters. The van der Waals surface area contributed by atoms with Crippen molar-refractivity contribution in [1.82, 2.24) is 15.3 Å². The lowest BCUT2D eigenvalue weighted by molar-refractivity contribution is 0.562. The second-order valence-corrected chi connectivity index (χ2v) is 5.40. The Balaban J connectivity index is 1.65. The fourth-order valence-corrected chi connectivity index (χ4v) is 2.50. The van der Waals surface area contributed by atoms with E-state index in [1.807, 2.05) is 18.2 Å². The summed E-state index contributed by atoms with van der Waals surface area (Å²) in [4.78, 5) is 7.93. The van der Waals surface area contributed by atoms with E-state index in [0.717, 1.165) is 29.8 Å². The summed E-state index contributed by atoms with van der Waals surface area (Å²) in [6.45, 7) is 5.10. The summed E-state index contributed by atoms with van der Waals surface area (Å²) in [7, 11) is 0. The summed E-state index contributed by atoms with van der Waals surface area (Å²) in [5.41, 5.74) is 4.80. The molecule has 2 N–H and O–H groups in total. The molecule has 0 fully saturated rings. The largest absolute Gasteiger partial charge is 0.341 e. The predicted octanol–water partition coefficient (Wildman–Crippen LogP) is 3.98. The summed E-state index contributed by atoms with van der Waals surface area (Å²) in [5.74, 6) is 0.980. The molecule has 0 bridgehead atoms. The number of H-pyrrole nitrogens is 1. The zero-order chi connectivity index (χ0) is 14.7. The van der Waals surface area contributed by atoms with E-state index in [2.05, 4.69) is 59.5 Å². The van der Waals surface area contributed by atoms with Gasteiger partial charge in [0.1, 0.15) is 5.82 Å². The van der Waals surface area contributed by atoms with Gasteiger partial charge in [0, 0.05) is 6.04 Å². The lowest BCUT2D eigenvalue weighted by Crippen LogP contribution is -2.18. The fourth-order valence-electron chi connectivity index (χ4n) is 2.50. The molecule has 0 saturated heterocycles. The molecule has 2 aromatic carbocycles. The number of nitrogens with one attached hydrogen (secondary N) is 2. The quantitative estimate of drug-likeness (QED) is 0.741. The third-order valence-corrected chi connectivity index (χ3v) is 3.90. The van der Waals surface area contributed by atoms with Crippen LogP contribution < -0.4 is 5.32 Å². The maximum absolute atomic E-state index is 4.59. The van der Waals surface area contributed by atoms with Crippen LogP contribution in [0.3, 0.4) is 0 Å². The molecule has 0 aliphatic rings. The predicted molar refractivity (Wildman–Crippen MR) is 87.2 cm³/mol. The van der Waals surface area contributed by atoms with Crippen molar-refractivity contribution in [1.29, 1.82) is 0 Å². The van der Waals surface area contributed by atoms with Crippen LogP contribution in [0, 0.1) is 0 Å². The normalized spacial score (nSPS) is 12.7. The molecule has 0 spiro atoms. The van der Waals surface area contributed by atoms with Crippen LogP contribution in [0.15, 0.2) is 48.5 Å². The van der Waals surface area contributed by atoms with Gasteiger partial charge in [0.25, 0.3) is 0 Å². The number of nitrogens with zero attached hydrogens (tertiary/aromatic N) is 1. The number of rotatable bonds is 5. The summed E-state index contributed by atoms with van der Waals surface area (Å²) >= 11 is 0. The number of imidazole rings is 1. The molecule has 1 unspecified atom stereocenters. The lowest BCUT2D eigenvalue weighted by atomic mass is 10.1. The highest BCUT2D eigenvalue weighted by Crippen LogP contribution is 2.15. The van der Waals surface area contributed by atoms with Gasteiger partial charge < -0.3 is 10.3 Å². The summed E-state index contributed by atoms with van der Waals surface area (Å²) in [6.07, 6.45) is 1.08. The highest BCUT2D eigenvalue weighted by Gasteiger charge is 2.07. The van der Waals surface area contributed by atoms with Crippen LogP contribution in [0.5, 0.6) is 0 Å². The number of fused-ring (bicyclic) bond motifs is 1. The van der Waals surface area contributed by atoms with Crippen LogP contribution in [0.25, 0.3) is 11.0 Å². The topological polar surface area (TPSA) is 40.7 Å². The van der Waals surface area contributed by atoms with Gasteiger partial charge in [0.05, 0.1) is 17.6 Å². The van der Waals surface area contributed by atoms with Crippen LogP contribution in [0.2, 0.25) is 0 Å². The minimum Gasteiger partial charge on any atom is -0.341 e. The van der Waals surface area contributed by atoms with Gasteiger partial charge in [-0.05, 0) is 36.6 Å². The first-order chi connectivity index (χ1) is 10.3. The number of aryl methyl sites for hydroxylation is 1. The van der Waals surface area contributed by atoms with Crippen LogP contribution in [-0.2, 0) is 13.0 Å². The summed E-state index contributed by atoms with van der Waals surface area (Å²) in [5, 5.41) is 3.52. The molecule has 0 aliphatic heterocycles. The Kier molecular flexibility index (Phi) is 4.02. The molecule has 0 radical (unpaired) electrons. The number of hydrogen-bond donors (Lipinski definition) is 2. The van der Waals surface area contributed by atoms with Gasteiger partial charge in [-0.2, -0.15) is 0 Å². The van der Waals surface area contributed by atoms with Gasteiger partial charge in [-0.1, -0.05) is 43.3 Å². The van der Waals surface area contributed by atoms with Gasteiger partial charge in [-0.3, -0.25) is 0 Å². The van der Waals surface area contributed by atoms with Crippen molar-refractivity contribution in [2.45, 2.75) is 32.9 Å². The Morgan fingerprint density at radius 1 is 1.10 bits per heavy atom. The zero-order valence-corrected chi connectivity index (χ0v) is 12.6. The molecule has 3 heteroatoms. The molecule has 1 aromatic heterocycles. The van der Waals surface area contributed by atoms with E-state index in [-0.39, 0.29) is 0 Å². The smallest absolute Gasteiger partial charge is 0.121 e. The first-order valence-electron chi connectivity index (χ1n) is 7.52. The molecule has 0 amide bonds. The van der Waals surface area contributed by atoms with Crippen LogP contribution in [0.4, 0.5) is 0 Å². The Bertz CT molecular complexity index is 680. The molecular formula is C18H21N3. The average molecular weight is 279 g/mol. The molecule has 0 aliphatic carbocycles. The zero-order valence-electron chi connectivity index (χ0n) is 12.6. The Morgan fingerprint density at radius 2 is 1.86 bits per heavy atom. The van der Waals surface area contributed by atoms with Gasteiger partial charge in [0.2, 0.25) is 0 Å².